The number of nitrogen functional groups attached to an aromatic ring is 1. The van der Waals surface area contributed by atoms with Crippen LogP contribution in [0.3, 0.4) is 0 Å². The van der Waals surface area contributed by atoms with Gasteiger partial charge in [0.15, 0.2) is 11.6 Å². The number of nitrogens with zero attached hydrogens (tertiary/aromatic N) is 1. The van der Waals surface area contributed by atoms with Gasteiger partial charge in [-0.1, -0.05) is 47.1 Å². The van der Waals surface area contributed by atoms with Crippen molar-refractivity contribution in [2.24, 2.45) is 0 Å². The maximum atomic E-state index is 13.2. The first-order chi connectivity index (χ1) is 9.66. The molecule has 1 aromatic heterocycles. The molecule has 0 fully saturated rings. The lowest BCUT2D eigenvalue weighted by Crippen LogP contribution is -1.89. The molecule has 3 nitrogen and oxygen atoms in total. The highest BCUT2D eigenvalue weighted by molar-refractivity contribution is 6.31. The van der Waals surface area contributed by atoms with Crippen LogP contribution in [0.5, 0.6) is 0 Å². The number of nitrogens with two attached hydrogens (primary N) is 1. The molecule has 0 bridgehead atoms. The van der Waals surface area contributed by atoms with Crippen molar-refractivity contribution in [3.05, 3.63) is 59.4 Å². The zero-order valence-corrected chi connectivity index (χ0v) is 11.1. The Morgan fingerprint density at radius 1 is 1.05 bits per heavy atom. The van der Waals surface area contributed by atoms with Gasteiger partial charge < -0.3 is 10.3 Å². The fourth-order valence-corrected chi connectivity index (χ4v) is 2.20. The average Bonchev–Trinajstić information content (AvgIpc) is 2.85. The Kier molecular flexibility index (Phi) is 3.16. The zero-order chi connectivity index (χ0) is 14.1. The summed E-state index contributed by atoms with van der Waals surface area (Å²) in [5.74, 6) is 0.270. The molecule has 2 N–H and O–H groups in total. The Morgan fingerprint density at radius 3 is 2.50 bits per heavy atom. The molecule has 0 radical (unpaired) electrons. The summed E-state index contributed by atoms with van der Waals surface area (Å²) in [7, 11) is 0. The molecule has 0 aliphatic rings. The van der Waals surface area contributed by atoms with Crippen molar-refractivity contribution in [3.8, 4) is 22.5 Å². The Labute approximate surface area is 119 Å². The van der Waals surface area contributed by atoms with Crippen LogP contribution in [0.1, 0.15) is 0 Å². The van der Waals surface area contributed by atoms with Gasteiger partial charge in [0.05, 0.1) is 10.6 Å². The second-order valence-corrected chi connectivity index (χ2v) is 4.67. The van der Waals surface area contributed by atoms with E-state index in [0.29, 0.717) is 16.9 Å². The third-order valence-electron chi connectivity index (χ3n) is 2.96. The number of aromatic nitrogens is 1. The Bertz CT molecular complexity index is 756. The monoisotopic (exact) mass is 288 g/mol. The van der Waals surface area contributed by atoms with Crippen LogP contribution < -0.4 is 5.73 Å². The quantitative estimate of drug-likeness (QED) is 0.761. The second kappa shape index (κ2) is 4.98. The topological polar surface area (TPSA) is 52.0 Å². The summed E-state index contributed by atoms with van der Waals surface area (Å²) < 4.78 is 18.5. The normalized spacial score (nSPS) is 10.7. The Hall–Kier alpha value is -2.33. The summed E-state index contributed by atoms with van der Waals surface area (Å²) in [5, 5.41) is 3.81. The van der Waals surface area contributed by atoms with Crippen molar-refractivity contribution in [2.45, 2.75) is 0 Å². The van der Waals surface area contributed by atoms with E-state index in [0.717, 1.165) is 5.56 Å². The highest BCUT2D eigenvalue weighted by Crippen LogP contribution is 2.37. The first kappa shape index (κ1) is 12.7. The molecule has 0 unspecified atom stereocenters. The first-order valence-electron chi connectivity index (χ1n) is 5.93. The van der Waals surface area contributed by atoms with Gasteiger partial charge in [-0.2, -0.15) is 0 Å². The molecule has 100 valence electrons. The molecule has 3 aromatic rings. The highest BCUT2D eigenvalue weighted by Gasteiger charge is 2.18. The van der Waals surface area contributed by atoms with E-state index in [9.17, 15) is 4.39 Å². The summed E-state index contributed by atoms with van der Waals surface area (Å²) >= 11 is 5.80. The Balaban J connectivity index is 2.18. The predicted octanol–water partition coefficient (Wildman–Crippen LogP) is 4.38. The minimum absolute atomic E-state index is 0.0245. The minimum atomic E-state index is -0.482. The minimum Gasteiger partial charge on any atom is -0.380 e. The average molecular weight is 289 g/mol. The fraction of sp³-hybridized carbons (Fsp3) is 0. The van der Waals surface area contributed by atoms with Crippen LogP contribution in [-0.2, 0) is 0 Å². The van der Waals surface area contributed by atoms with E-state index in [4.69, 9.17) is 21.9 Å². The third kappa shape index (κ3) is 2.14. The maximum Gasteiger partial charge on any atom is 0.176 e. The van der Waals surface area contributed by atoms with Crippen molar-refractivity contribution in [1.29, 1.82) is 0 Å². The molecule has 5 heteroatoms. The summed E-state index contributed by atoms with van der Waals surface area (Å²) in [6.07, 6.45) is 0. The van der Waals surface area contributed by atoms with Crippen LogP contribution in [0.25, 0.3) is 22.5 Å². The van der Waals surface area contributed by atoms with Crippen molar-refractivity contribution >= 4 is 17.4 Å². The molecule has 0 aliphatic heterocycles. The van der Waals surface area contributed by atoms with Crippen molar-refractivity contribution in [1.82, 2.24) is 5.16 Å². The van der Waals surface area contributed by atoms with Gasteiger partial charge in [0.1, 0.15) is 5.82 Å². The van der Waals surface area contributed by atoms with Gasteiger partial charge in [0.25, 0.3) is 0 Å². The van der Waals surface area contributed by atoms with Gasteiger partial charge in [0, 0.05) is 5.56 Å². The van der Waals surface area contributed by atoms with Gasteiger partial charge in [-0.05, 0) is 23.8 Å². The molecule has 20 heavy (non-hydrogen) atoms. The molecular formula is C15H10ClFN2O. The van der Waals surface area contributed by atoms with E-state index in [-0.39, 0.29) is 10.8 Å². The van der Waals surface area contributed by atoms with Crippen LogP contribution in [0.4, 0.5) is 10.2 Å². The van der Waals surface area contributed by atoms with Crippen LogP contribution in [-0.4, -0.2) is 5.16 Å². The largest absolute Gasteiger partial charge is 0.380 e. The van der Waals surface area contributed by atoms with E-state index >= 15 is 0 Å². The highest BCUT2D eigenvalue weighted by atomic mass is 35.5. The number of hydrogen-bond acceptors (Lipinski definition) is 3. The number of benzene rings is 2. The predicted molar refractivity (Wildman–Crippen MR) is 76.8 cm³/mol. The molecule has 2 aromatic carbocycles. The molecular weight excluding hydrogens is 279 g/mol. The lowest BCUT2D eigenvalue weighted by atomic mass is 10.0. The molecule has 0 aliphatic carbocycles. The van der Waals surface area contributed by atoms with E-state index < -0.39 is 5.82 Å². The molecule has 0 amide bonds. The lowest BCUT2D eigenvalue weighted by molar-refractivity contribution is 0.436. The summed E-state index contributed by atoms with van der Waals surface area (Å²) in [6.45, 7) is 0. The number of halogens is 2. The number of anilines is 1. The van der Waals surface area contributed by atoms with Crippen molar-refractivity contribution in [2.75, 3.05) is 5.73 Å². The first-order valence-corrected chi connectivity index (χ1v) is 6.30. The standard InChI is InChI=1S/C15H10ClFN2O/c16-11-8-10(6-7-12(11)17)14-13(15(18)19-20-14)9-4-2-1-3-5-9/h1-8H,(H2,18,19). The van der Waals surface area contributed by atoms with E-state index in [2.05, 4.69) is 5.16 Å². The van der Waals surface area contributed by atoms with Gasteiger partial charge in [-0.15, -0.1) is 0 Å². The fourth-order valence-electron chi connectivity index (χ4n) is 2.02. The number of hydrogen-bond donors (Lipinski definition) is 1. The van der Waals surface area contributed by atoms with Crippen molar-refractivity contribution in [3.63, 3.8) is 0 Å². The zero-order valence-electron chi connectivity index (χ0n) is 10.3. The van der Waals surface area contributed by atoms with E-state index in [1.807, 2.05) is 30.3 Å². The molecule has 0 saturated carbocycles. The van der Waals surface area contributed by atoms with Gasteiger partial charge in [-0.25, -0.2) is 4.39 Å². The van der Waals surface area contributed by atoms with E-state index in [1.54, 1.807) is 6.07 Å². The van der Waals surface area contributed by atoms with Crippen LogP contribution in [0.15, 0.2) is 53.1 Å². The van der Waals surface area contributed by atoms with Crippen LogP contribution in [0.2, 0.25) is 5.02 Å². The van der Waals surface area contributed by atoms with Crippen LogP contribution in [0, 0.1) is 5.82 Å². The lowest BCUT2D eigenvalue weighted by Gasteiger charge is -2.03. The third-order valence-corrected chi connectivity index (χ3v) is 3.25. The molecule has 0 spiro atoms. The Morgan fingerprint density at radius 2 is 1.80 bits per heavy atom. The molecule has 3 rings (SSSR count). The van der Waals surface area contributed by atoms with Crippen molar-refractivity contribution < 1.29 is 8.91 Å². The summed E-state index contributed by atoms with van der Waals surface area (Å²) in [4.78, 5) is 0. The smallest absolute Gasteiger partial charge is 0.176 e. The number of rotatable bonds is 2. The molecule has 0 saturated heterocycles. The summed E-state index contributed by atoms with van der Waals surface area (Å²) in [5.41, 5.74) is 8.04. The summed E-state index contributed by atoms with van der Waals surface area (Å²) in [6, 6.07) is 13.8. The molecule has 1 heterocycles. The van der Waals surface area contributed by atoms with E-state index in [1.165, 1.54) is 12.1 Å². The van der Waals surface area contributed by atoms with Crippen LogP contribution >= 0.6 is 11.6 Å². The molecule has 0 atom stereocenters. The SMILES string of the molecule is Nc1noc(-c2ccc(F)c(Cl)c2)c1-c1ccccc1. The second-order valence-electron chi connectivity index (χ2n) is 4.27. The van der Waals surface area contributed by atoms with Gasteiger partial charge >= 0.3 is 0 Å². The maximum absolute atomic E-state index is 13.2. The van der Waals surface area contributed by atoms with Gasteiger partial charge in [0.2, 0.25) is 0 Å². The van der Waals surface area contributed by atoms with Gasteiger partial charge in [-0.3, -0.25) is 0 Å².